The van der Waals surface area contributed by atoms with Crippen LogP contribution in [0.3, 0.4) is 0 Å². The summed E-state index contributed by atoms with van der Waals surface area (Å²) in [6.45, 7) is 6.56. The fourth-order valence-electron chi connectivity index (χ4n) is 3.05. The Labute approximate surface area is 198 Å². The predicted octanol–water partition coefficient (Wildman–Crippen LogP) is 5.38. The number of ether oxygens (including phenoxy) is 1. The summed E-state index contributed by atoms with van der Waals surface area (Å²) in [4.78, 5) is 27.3. The molecular weight excluding hydrogens is 480 g/mol. The van der Waals surface area contributed by atoms with Gasteiger partial charge in [0.2, 0.25) is 5.91 Å². The summed E-state index contributed by atoms with van der Waals surface area (Å²) >= 11 is 9.60. The van der Waals surface area contributed by atoms with E-state index in [0.717, 1.165) is 29.3 Å². The lowest BCUT2D eigenvalue weighted by Crippen LogP contribution is -2.49. The van der Waals surface area contributed by atoms with Crippen molar-refractivity contribution >= 4 is 39.3 Å². The summed E-state index contributed by atoms with van der Waals surface area (Å²) in [5.74, 6) is 0.134. The van der Waals surface area contributed by atoms with Crippen molar-refractivity contribution in [1.29, 1.82) is 0 Å². The lowest BCUT2D eigenvalue weighted by molar-refractivity contribution is -0.142. The molecule has 0 spiro atoms. The SMILES string of the molecule is CCCCNC(=O)[C@@H](C)N(Cc1cccc(Cl)c1)C(=O)COc1ccc(CC)cc1Br. The second-order valence-corrected chi connectivity index (χ2v) is 8.67. The molecule has 0 aliphatic carbocycles. The molecule has 31 heavy (non-hydrogen) atoms. The maximum atomic E-state index is 13.1. The van der Waals surface area contributed by atoms with Crippen LogP contribution in [0.2, 0.25) is 5.02 Å². The highest BCUT2D eigenvalue weighted by molar-refractivity contribution is 9.10. The van der Waals surface area contributed by atoms with Gasteiger partial charge in [0, 0.05) is 18.1 Å². The Morgan fingerprint density at radius 1 is 1.16 bits per heavy atom. The maximum absolute atomic E-state index is 13.1. The fraction of sp³-hybridized carbons (Fsp3) is 0.417. The molecule has 2 rings (SSSR count). The minimum atomic E-state index is -0.641. The van der Waals surface area contributed by atoms with Crippen LogP contribution in [0.1, 0.15) is 44.7 Å². The van der Waals surface area contributed by atoms with E-state index in [0.29, 0.717) is 17.3 Å². The highest BCUT2D eigenvalue weighted by Crippen LogP contribution is 2.26. The molecule has 0 unspecified atom stereocenters. The fourth-order valence-corrected chi connectivity index (χ4v) is 3.81. The lowest BCUT2D eigenvalue weighted by Gasteiger charge is -2.29. The summed E-state index contributed by atoms with van der Waals surface area (Å²) in [6.07, 6.45) is 2.79. The molecule has 0 aliphatic heterocycles. The first-order chi connectivity index (χ1) is 14.8. The van der Waals surface area contributed by atoms with E-state index in [2.05, 4.69) is 35.1 Å². The van der Waals surface area contributed by atoms with Crippen molar-refractivity contribution in [1.82, 2.24) is 10.2 Å². The van der Waals surface area contributed by atoms with Gasteiger partial charge in [-0.25, -0.2) is 0 Å². The maximum Gasteiger partial charge on any atom is 0.261 e. The van der Waals surface area contributed by atoms with Crippen molar-refractivity contribution in [3.8, 4) is 5.75 Å². The molecule has 1 atom stereocenters. The highest BCUT2D eigenvalue weighted by atomic mass is 79.9. The minimum Gasteiger partial charge on any atom is -0.483 e. The Balaban J connectivity index is 2.13. The number of benzene rings is 2. The number of amides is 2. The quantitative estimate of drug-likeness (QED) is 0.414. The molecule has 7 heteroatoms. The van der Waals surface area contributed by atoms with E-state index in [1.807, 2.05) is 30.3 Å². The van der Waals surface area contributed by atoms with Crippen molar-refractivity contribution < 1.29 is 14.3 Å². The highest BCUT2D eigenvalue weighted by Gasteiger charge is 2.26. The predicted molar refractivity (Wildman–Crippen MR) is 128 cm³/mol. The second-order valence-electron chi connectivity index (χ2n) is 7.38. The molecule has 5 nitrogen and oxygen atoms in total. The summed E-state index contributed by atoms with van der Waals surface area (Å²) in [5.41, 5.74) is 2.02. The number of carbonyl (C=O) groups excluding carboxylic acids is 2. The van der Waals surface area contributed by atoms with Gasteiger partial charge in [-0.05, 0) is 71.1 Å². The van der Waals surface area contributed by atoms with Crippen LogP contribution in [-0.2, 0) is 22.6 Å². The molecule has 0 radical (unpaired) electrons. The monoisotopic (exact) mass is 508 g/mol. The van der Waals surface area contributed by atoms with Gasteiger partial charge in [-0.2, -0.15) is 0 Å². The molecule has 2 amide bonds. The van der Waals surface area contributed by atoms with E-state index < -0.39 is 6.04 Å². The van der Waals surface area contributed by atoms with Gasteiger partial charge in [0.15, 0.2) is 6.61 Å². The number of aryl methyl sites for hydroxylation is 1. The number of nitrogens with one attached hydrogen (secondary N) is 1. The Kier molecular flexibility index (Phi) is 10.3. The molecule has 0 aromatic heterocycles. The third-order valence-corrected chi connectivity index (χ3v) is 5.85. The van der Waals surface area contributed by atoms with E-state index in [1.165, 1.54) is 10.5 Å². The Hall–Kier alpha value is -2.05. The number of rotatable bonds is 11. The number of halogens is 2. The van der Waals surface area contributed by atoms with Crippen LogP contribution in [-0.4, -0.2) is 35.9 Å². The van der Waals surface area contributed by atoms with Crippen molar-refractivity contribution in [2.24, 2.45) is 0 Å². The van der Waals surface area contributed by atoms with Crippen LogP contribution < -0.4 is 10.1 Å². The third kappa shape index (κ3) is 7.86. The zero-order valence-electron chi connectivity index (χ0n) is 18.3. The van der Waals surface area contributed by atoms with E-state index in [4.69, 9.17) is 16.3 Å². The number of hydrogen-bond donors (Lipinski definition) is 1. The van der Waals surface area contributed by atoms with Crippen LogP contribution >= 0.6 is 27.5 Å². The van der Waals surface area contributed by atoms with Gasteiger partial charge in [-0.3, -0.25) is 9.59 Å². The van der Waals surface area contributed by atoms with Gasteiger partial charge in [0.25, 0.3) is 5.91 Å². The first kappa shape index (κ1) is 25.2. The topological polar surface area (TPSA) is 58.6 Å². The van der Waals surface area contributed by atoms with Gasteiger partial charge in [0.1, 0.15) is 11.8 Å². The average Bonchev–Trinajstić information content (AvgIpc) is 2.76. The van der Waals surface area contributed by atoms with Gasteiger partial charge in [-0.1, -0.05) is 50.1 Å². The summed E-state index contributed by atoms with van der Waals surface area (Å²) in [7, 11) is 0. The normalized spacial score (nSPS) is 11.6. The van der Waals surface area contributed by atoms with Crippen molar-refractivity contribution in [2.75, 3.05) is 13.2 Å². The van der Waals surface area contributed by atoms with E-state index >= 15 is 0 Å². The zero-order valence-corrected chi connectivity index (χ0v) is 20.6. The molecule has 0 saturated carbocycles. The molecular formula is C24H30BrClN2O3. The number of nitrogens with zero attached hydrogens (tertiary/aromatic N) is 1. The molecule has 0 fully saturated rings. The summed E-state index contributed by atoms with van der Waals surface area (Å²) in [6, 6.07) is 12.4. The molecule has 168 valence electrons. The van der Waals surface area contributed by atoms with Gasteiger partial charge < -0.3 is 15.0 Å². The van der Waals surface area contributed by atoms with Crippen LogP contribution in [0, 0.1) is 0 Å². The van der Waals surface area contributed by atoms with E-state index in [-0.39, 0.29) is 25.0 Å². The molecule has 1 N–H and O–H groups in total. The summed E-state index contributed by atoms with van der Waals surface area (Å²) < 4.78 is 6.57. The Morgan fingerprint density at radius 2 is 1.94 bits per heavy atom. The van der Waals surface area contributed by atoms with Gasteiger partial charge in [0.05, 0.1) is 4.47 Å². The van der Waals surface area contributed by atoms with Crippen LogP contribution in [0.5, 0.6) is 5.75 Å². The molecule has 0 heterocycles. The smallest absolute Gasteiger partial charge is 0.261 e. The largest absolute Gasteiger partial charge is 0.483 e. The van der Waals surface area contributed by atoms with Crippen LogP contribution in [0.15, 0.2) is 46.9 Å². The van der Waals surface area contributed by atoms with Crippen LogP contribution in [0.25, 0.3) is 0 Å². The Morgan fingerprint density at radius 3 is 2.58 bits per heavy atom. The molecule has 0 aliphatic rings. The molecule has 2 aromatic rings. The molecule has 0 saturated heterocycles. The lowest BCUT2D eigenvalue weighted by atomic mass is 10.1. The number of unbranched alkanes of at least 4 members (excludes halogenated alkanes) is 1. The second kappa shape index (κ2) is 12.7. The van der Waals surface area contributed by atoms with Gasteiger partial charge >= 0.3 is 0 Å². The van der Waals surface area contributed by atoms with E-state index in [9.17, 15) is 9.59 Å². The average molecular weight is 510 g/mol. The number of hydrogen-bond acceptors (Lipinski definition) is 3. The molecule has 0 bridgehead atoms. The number of carbonyl (C=O) groups is 2. The molecule has 2 aromatic carbocycles. The van der Waals surface area contributed by atoms with Crippen molar-refractivity contribution in [3.05, 3.63) is 63.1 Å². The standard InChI is InChI=1S/C24H30BrClN2O3/c1-4-6-12-27-24(30)17(3)28(15-19-8-7-9-20(26)13-19)23(29)16-31-22-11-10-18(5-2)14-21(22)25/h7-11,13-14,17H,4-6,12,15-16H2,1-3H3,(H,27,30)/t17-/m1/s1. The minimum absolute atomic E-state index is 0.169. The van der Waals surface area contributed by atoms with Crippen molar-refractivity contribution in [3.63, 3.8) is 0 Å². The third-order valence-electron chi connectivity index (χ3n) is 4.99. The first-order valence-corrected chi connectivity index (χ1v) is 11.8. The van der Waals surface area contributed by atoms with Crippen molar-refractivity contribution in [2.45, 2.75) is 52.6 Å². The van der Waals surface area contributed by atoms with Crippen LogP contribution in [0.4, 0.5) is 0 Å². The van der Waals surface area contributed by atoms with Gasteiger partial charge in [-0.15, -0.1) is 0 Å². The first-order valence-electron chi connectivity index (χ1n) is 10.6. The zero-order chi connectivity index (χ0) is 22.8. The summed E-state index contributed by atoms with van der Waals surface area (Å²) in [5, 5.41) is 3.49. The Bertz CT molecular complexity index is 891. The van der Waals surface area contributed by atoms with E-state index in [1.54, 1.807) is 19.1 Å².